The monoisotopic (exact) mass is 486 g/mol. The fraction of sp³-hybridized carbons (Fsp3) is 0.0606. The van der Waals surface area contributed by atoms with E-state index in [-0.39, 0.29) is 0 Å². The highest BCUT2D eigenvalue weighted by atomic mass is 16.5. The Bertz CT molecular complexity index is 1270. The summed E-state index contributed by atoms with van der Waals surface area (Å²) in [4.78, 5) is 0. The van der Waals surface area contributed by atoms with Gasteiger partial charge < -0.3 is 9.47 Å². The van der Waals surface area contributed by atoms with Gasteiger partial charge in [0, 0.05) is 6.21 Å². The molecule has 4 aromatic rings. The summed E-state index contributed by atoms with van der Waals surface area (Å²) in [6, 6.07) is 36.3. The van der Waals surface area contributed by atoms with Gasteiger partial charge in [0.15, 0.2) is 0 Å². The van der Waals surface area contributed by atoms with Gasteiger partial charge in [-0.1, -0.05) is 85.0 Å². The second-order valence-electron chi connectivity index (χ2n) is 8.05. The number of hydrazone groups is 1. The van der Waals surface area contributed by atoms with Gasteiger partial charge in [-0.15, -0.1) is 0 Å². The minimum Gasteiger partial charge on any atom is -0.497 e. The Labute approximate surface area is 219 Å². The number of hydrogen-bond acceptors (Lipinski definition) is 4. The minimum absolute atomic E-state index is 0.829. The second kappa shape index (κ2) is 13.3. The van der Waals surface area contributed by atoms with Crippen LogP contribution < -0.4 is 14.5 Å². The summed E-state index contributed by atoms with van der Waals surface area (Å²) in [7, 11) is 3.35. The van der Waals surface area contributed by atoms with Crippen LogP contribution in [0.5, 0.6) is 11.5 Å². The molecule has 4 heteroatoms. The van der Waals surface area contributed by atoms with Crippen LogP contribution in [0.2, 0.25) is 0 Å². The third-order valence-electron chi connectivity index (χ3n) is 5.67. The Hall–Kier alpha value is -4.83. The van der Waals surface area contributed by atoms with Gasteiger partial charge in [0.05, 0.1) is 25.6 Å². The molecule has 0 N–H and O–H groups in total. The van der Waals surface area contributed by atoms with Gasteiger partial charge in [-0.3, -0.25) is 0 Å². The van der Waals surface area contributed by atoms with E-state index in [0.29, 0.717) is 0 Å². The molecule has 0 aliphatic heterocycles. The Balaban J connectivity index is 1.52. The van der Waals surface area contributed by atoms with Crippen molar-refractivity contribution < 1.29 is 9.47 Å². The van der Waals surface area contributed by atoms with Crippen LogP contribution in [-0.4, -0.2) is 20.4 Å². The molecule has 0 aliphatic rings. The van der Waals surface area contributed by atoms with Crippen molar-refractivity contribution >= 4 is 23.2 Å². The number of nitrogens with zero attached hydrogens (tertiary/aromatic N) is 2. The average Bonchev–Trinajstić information content (AvgIpc) is 2.97. The van der Waals surface area contributed by atoms with Crippen LogP contribution in [0.4, 0.5) is 11.4 Å². The first-order valence-corrected chi connectivity index (χ1v) is 12.0. The van der Waals surface area contributed by atoms with Crippen molar-refractivity contribution in [1.82, 2.24) is 0 Å². The third kappa shape index (κ3) is 7.09. The van der Waals surface area contributed by atoms with Crippen LogP contribution >= 0.6 is 0 Å². The predicted octanol–water partition coefficient (Wildman–Crippen LogP) is 8.07. The first kappa shape index (κ1) is 25.3. The molecular weight excluding hydrogens is 456 g/mol. The van der Waals surface area contributed by atoms with Gasteiger partial charge in [0.2, 0.25) is 0 Å². The zero-order valence-electron chi connectivity index (χ0n) is 21.1. The summed E-state index contributed by atoms with van der Waals surface area (Å²) < 4.78 is 10.6. The number of allylic oxidation sites excluding steroid dienone is 5. The molecule has 0 saturated carbocycles. The van der Waals surface area contributed by atoms with E-state index in [0.717, 1.165) is 39.6 Å². The molecular formula is C33H30N2O2. The third-order valence-corrected chi connectivity index (χ3v) is 5.67. The lowest BCUT2D eigenvalue weighted by Crippen LogP contribution is -2.08. The van der Waals surface area contributed by atoms with Gasteiger partial charge in [-0.25, -0.2) is 5.01 Å². The topological polar surface area (TPSA) is 34.1 Å². The van der Waals surface area contributed by atoms with E-state index >= 15 is 0 Å². The number of methoxy groups -OCH3 is 2. The highest BCUT2D eigenvalue weighted by molar-refractivity contribution is 5.81. The first-order valence-electron chi connectivity index (χ1n) is 12.0. The van der Waals surface area contributed by atoms with Crippen molar-refractivity contribution in [3.8, 4) is 11.5 Å². The number of para-hydroxylation sites is 2. The molecule has 0 spiro atoms. The Morgan fingerprint density at radius 1 is 0.568 bits per heavy atom. The maximum atomic E-state index is 5.32. The van der Waals surface area contributed by atoms with Crippen LogP contribution in [0.15, 0.2) is 145 Å². The molecule has 0 heterocycles. The Morgan fingerprint density at radius 2 is 1.03 bits per heavy atom. The smallest absolute Gasteiger partial charge is 0.118 e. The average molecular weight is 487 g/mol. The zero-order chi connectivity index (χ0) is 25.7. The van der Waals surface area contributed by atoms with Gasteiger partial charge in [0.25, 0.3) is 0 Å². The van der Waals surface area contributed by atoms with Gasteiger partial charge in [-0.05, 0) is 71.3 Å². The lowest BCUT2D eigenvalue weighted by Gasteiger charge is -2.18. The zero-order valence-corrected chi connectivity index (χ0v) is 21.1. The summed E-state index contributed by atoms with van der Waals surface area (Å²) in [5.74, 6) is 1.66. The molecule has 0 fully saturated rings. The highest BCUT2D eigenvalue weighted by Gasteiger charge is 2.06. The van der Waals surface area contributed by atoms with Crippen molar-refractivity contribution in [3.05, 3.63) is 151 Å². The molecule has 4 aromatic carbocycles. The number of hydrogen-bond donors (Lipinski definition) is 0. The summed E-state index contributed by atoms with van der Waals surface area (Å²) in [6.07, 6.45) is 11.8. The first-order chi connectivity index (χ1) is 18.3. The number of ether oxygens (including phenoxy) is 2. The van der Waals surface area contributed by atoms with Gasteiger partial charge in [-0.2, -0.15) is 5.10 Å². The molecule has 184 valence electrons. The Kier molecular flexibility index (Phi) is 9.09. The number of anilines is 2. The summed E-state index contributed by atoms with van der Waals surface area (Å²) in [5.41, 5.74) is 5.30. The van der Waals surface area contributed by atoms with Crippen LogP contribution in [0, 0.1) is 0 Å². The molecule has 0 amide bonds. The maximum absolute atomic E-state index is 5.32. The number of benzene rings is 4. The van der Waals surface area contributed by atoms with Crippen molar-refractivity contribution in [3.63, 3.8) is 0 Å². The summed E-state index contributed by atoms with van der Waals surface area (Å²) in [5, 5.41) is 6.59. The van der Waals surface area contributed by atoms with Crippen LogP contribution in [-0.2, 0) is 0 Å². The summed E-state index contributed by atoms with van der Waals surface area (Å²) >= 11 is 0. The Morgan fingerprint density at radius 3 is 1.49 bits per heavy atom. The molecule has 0 aromatic heterocycles. The van der Waals surface area contributed by atoms with Gasteiger partial charge in [0.1, 0.15) is 11.5 Å². The molecule has 4 nitrogen and oxygen atoms in total. The minimum atomic E-state index is 0.829. The fourth-order valence-corrected chi connectivity index (χ4v) is 3.76. The largest absolute Gasteiger partial charge is 0.497 e. The van der Waals surface area contributed by atoms with Crippen molar-refractivity contribution in [2.45, 2.75) is 0 Å². The lowest BCUT2D eigenvalue weighted by molar-refractivity contribution is 0.414. The standard InChI is InChI=1S/C33H30N2O2/c1-36-31-22-18-27(19-23-31)33(28-20-24-32(37-2)25-21-28)17-11-3-4-12-26-34-35(29-13-7-5-8-14-29)30-15-9-6-10-16-30/h3-26H,1-2H3. The molecule has 37 heavy (non-hydrogen) atoms. The molecule has 0 aliphatic carbocycles. The SMILES string of the molecule is COc1ccc(C(=CC=CC=CC=NN(c2ccccc2)c2ccccc2)c2ccc(OC)cc2)cc1. The molecule has 0 radical (unpaired) electrons. The van der Waals surface area contributed by atoms with Crippen LogP contribution in [0.25, 0.3) is 5.57 Å². The van der Waals surface area contributed by atoms with E-state index in [2.05, 4.69) is 35.4 Å². The van der Waals surface area contributed by atoms with Crippen molar-refractivity contribution in [2.75, 3.05) is 19.2 Å². The molecule has 0 bridgehead atoms. The predicted molar refractivity (Wildman–Crippen MR) is 155 cm³/mol. The van der Waals surface area contributed by atoms with Crippen molar-refractivity contribution in [2.24, 2.45) is 5.10 Å². The van der Waals surface area contributed by atoms with Crippen molar-refractivity contribution in [1.29, 1.82) is 0 Å². The lowest BCUT2D eigenvalue weighted by atomic mass is 9.97. The van der Waals surface area contributed by atoms with E-state index < -0.39 is 0 Å². The number of rotatable bonds is 10. The maximum Gasteiger partial charge on any atom is 0.118 e. The molecule has 4 rings (SSSR count). The van der Waals surface area contributed by atoms with E-state index in [1.165, 1.54) is 0 Å². The van der Waals surface area contributed by atoms with Crippen LogP contribution in [0.3, 0.4) is 0 Å². The molecule has 0 atom stereocenters. The highest BCUT2D eigenvalue weighted by Crippen LogP contribution is 2.27. The van der Waals surface area contributed by atoms with E-state index in [9.17, 15) is 0 Å². The quantitative estimate of drug-likeness (QED) is 0.129. The fourth-order valence-electron chi connectivity index (χ4n) is 3.76. The second-order valence-corrected chi connectivity index (χ2v) is 8.05. The summed E-state index contributed by atoms with van der Waals surface area (Å²) in [6.45, 7) is 0. The van der Waals surface area contributed by atoms with E-state index in [4.69, 9.17) is 9.47 Å². The molecule has 0 saturated heterocycles. The van der Waals surface area contributed by atoms with E-state index in [1.54, 1.807) is 20.4 Å². The molecule has 0 unspecified atom stereocenters. The van der Waals surface area contributed by atoms with E-state index in [1.807, 2.05) is 114 Å². The van der Waals surface area contributed by atoms with Gasteiger partial charge >= 0.3 is 0 Å². The van der Waals surface area contributed by atoms with Crippen LogP contribution in [0.1, 0.15) is 11.1 Å². The normalized spacial score (nSPS) is 11.2.